The lowest BCUT2D eigenvalue weighted by molar-refractivity contribution is -0.385. The van der Waals surface area contributed by atoms with Crippen molar-refractivity contribution in [3.05, 3.63) is 91.3 Å². The van der Waals surface area contributed by atoms with E-state index in [2.05, 4.69) is 0 Å². The van der Waals surface area contributed by atoms with E-state index in [9.17, 15) is 24.1 Å². The number of carbonyl (C=O) groups is 2. The molecule has 2 aromatic carbocycles. The Balaban J connectivity index is 1.56. The average Bonchev–Trinajstić information content (AvgIpc) is 3.30. The molecule has 0 bridgehead atoms. The number of imide groups is 1. The van der Waals surface area contributed by atoms with Gasteiger partial charge in [0.2, 0.25) is 0 Å². The highest BCUT2D eigenvalue weighted by Crippen LogP contribution is 2.35. The number of nitro benzene ring substituents is 1. The first-order chi connectivity index (χ1) is 15.2. The van der Waals surface area contributed by atoms with E-state index in [4.69, 9.17) is 16.0 Å². The van der Waals surface area contributed by atoms with Crippen LogP contribution in [0.4, 0.5) is 14.9 Å². The van der Waals surface area contributed by atoms with Crippen molar-refractivity contribution in [2.45, 2.75) is 13.5 Å². The fourth-order valence-corrected chi connectivity index (χ4v) is 4.25. The van der Waals surface area contributed by atoms with Gasteiger partial charge in [-0.2, -0.15) is 0 Å². The summed E-state index contributed by atoms with van der Waals surface area (Å²) in [7, 11) is 0. The number of carbonyl (C=O) groups excluding carboxylic acids is 2. The van der Waals surface area contributed by atoms with Crippen LogP contribution in [0.5, 0.6) is 0 Å². The summed E-state index contributed by atoms with van der Waals surface area (Å²) in [6.45, 7) is 1.35. The van der Waals surface area contributed by atoms with Crippen molar-refractivity contribution in [1.82, 2.24) is 4.90 Å². The minimum Gasteiger partial charge on any atom is -0.457 e. The molecule has 0 N–H and O–H groups in total. The summed E-state index contributed by atoms with van der Waals surface area (Å²) in [4.78, 5) is 36.6. The number of thioether (sulfide) groups is 1. The highest BCUT2D eigenvalue weighted by molar-refractivity contribution is 8.18. The highest BCUT2D eigenvalue weighted by Gasteiger charge is 2.36. The van der Waals surface area contributed by atoms with Crippen LogP contribution in [0.3, 0.4) is 0 Å². The molecule has 7 nitrogen and oxygen atoms in total. The maximum atomic E-state index is 14.1. The van der Waals surface area contributed by atoms with Crippen LogP contribution in [0.25, 0.3) is 17.4 Å². The van der Waals surface area contributed by atoms with Crippen LogP contribution in [0, 0.1) is 22.9 Å². The van der Waals surface area contributed by atoms with Gasteiger partial charge in [-0.15, -0.1) is 0 Å². The number of hydrogen-bond donors (Lipinski definition) is 0. The van der Waals surface area contributed by atoms with E-state index in [1.165, 1.54) is 30.3 Å². The lowest BCUT2D eigenvalue weighted by Gasteiger charge is -2.14. The zero-order valence-corrected chi connectivity index (χ0v) is 18.1. The van der Waals surface area contributed by atoms with Gasteiger partial charge in [-0.3, -0.25) is 24.6 Å². The summed E-state index contributed by atoms with van der Waals surface area (Å²) in [5.74, 6) is -0.407. The second-order valence-electron chi connectivity index (χ2n) is 6.93. The zero-order chi connectivity index (χ0) is 23.0. The predicted molar refractivity (Wildman–Crippen MR) is 118 cm³/mol. The van der Waals surface area contributed by atoms with Crippen LogP contribution in [0.1, 0.15) is 16.9 Å². The van der Waals surface area contributed by atoms with Gasteiger partial charge >= 0.3 is 0 Å². The minimum atomic E-state index is -0.602. The number of amides is 2. The summed E-state index contributed by atoms with van der Waals surface area (Å²) in [5, 5.41) is 10.6. The van der Waals surface area contributed by atoms with Crippen molar-refractivity contribution in [1.29, 1.82) is 0 Å². The smallest absolute Gasteiger partial charge is 0.293 e. The standard InChI is InChI=1S/C22H14ClFN2O5S/c1-12-9-13(5-7-18(12)26(29)30)19-8-6-14(31-19)10-20-21(27)25(22(28)32-20)11-15-16(23)3-2-4-17(15)24/h2-10H,11H2,1H3/b20-10-. The maximum absolute atomic E-state index is 14.1. The molecule has 4 rings (SSSR count). The molecule has 1 aliphatic heterocycles. The molecule has 2 amide bonds. The molecule has 0 saturated carbocycles. The van der Waals surface area contributed by atoms with Gasteiger partial charge in [0.25, 0.3) is 16.8 Å². The molecule has 32 heavy (non-hydrogen) atoms. The van der Waals surface area contributed by atoms with Gasteiger partial charge in [0.1, 0.15) is 17.3 Å². The van der Waals surface area contributed by atoms with Crippen molar-refractivity contribution in [3.8, 4) is 11.3 Å². The number of nitrogens with zero attached hydrogens (tertiary/aromatic N) is 2. The van der Waals surface area contributed by atoms with Crippen LogP contribution in [-0.2, 0) is 11.3 Å². The van der Waals surface area contributed by atoms with Crippen molar-refractivity contribution in [2.75, 3.05) is 0 Å². The monoisotopic (exact) mass is 472 g/mol. The Morgan fingerprint density at radius 3 is 2.69 bits per heavy atom. The first kappa shape index (κ1) is 21.8. The largest absolute Gasteiger partial charge is 0.457 e. The van der Waals surface area contributed by atoms with E-state index >= 15 is 0 Å². The number of benzene rings is 2. The van der Waals surface area contributed by atoms with Crippen LogP contribution in [-0.4, -0.2) is 21.0 Å². The van der Waals surface area contributed by atoms with Gasteiger partial charge < -0.3 is 4.42 Å². The number of hydrogen-bond acceptors (Lipinski definition) is 6. The predicted octanol–water partition coefficient (Wildman–Crippen LogP) is 6.19. The van der Waals surface area contributed by atoms with Gasteiger partial charge in [0, 0.05) is 33.9 Å². The molecule has 10 heteroatoms. The van der Waals surface area contributed by atoms with Gasteiger partial charge in [-0.1, -0.05) is 17.7 Å². The number of halogens is 2. The van der Waals surface area contributed by atoms with E-state index in [0.29, 0.717) is 22.6 Å². The van der Waals surface area contributed by atoms with Crippen LogP contribution >= 0.6 is 23.4 Å². The summed E-state index contributed by atoms with van der Waals surface area (Å²) < 4.78 is 19.8. The van der Waals surface area contributed by atoms with Crippen LogP contribution in [0.15, 0.2) is 57.9 Å². The Hall–Kier alpha value is -3.43. The Morgan fingerprint density at radius 1 is 1.22 bits per heavy atom. The second-order valence-corrected chi connectivity index (χ2v) is 8.33. The molecule has 0 atom stereocenters. The van der Waals surface area contributed by atoms with Crippen molar-refractivity contribution < 1.29 is 23.3 Å². The molecule has 0 spiro atoms. The van der Waals surface area contributed by atoms with Crippen molar-refractivity contribution >= 4 is 46.3 Å². The molecular weight excluding hydrogens is 459 g/mol. The van der Waals surface area contributed by atoms with E-state index in [1.807, 2.05) is 0 Å². The van der Waals surface area contributed by atoms with Crippen molar-refractivity contribution in [3.63, 3.8) is 0 Å². The molecule has 0 unspecified atom stereocenters. The fraction of sp³-hybridized carbons (Fsp3) is 0.0909. The maximum Gasteiger partial charge on any atom is 0.293 e. The van der Waals surface area contributed by atoms with E-state index in [0.717, 1.165) is 16.7 Å². The summed E-state index contributed by atoms with van der Waals surface area (Å²) in [6, 6.07) is 12.0. The molecule has 162 valence electrons. The van der Waals surface area contributed by atoms with Gasteiger partial charge in [-0.05, 0) is 55.1 Å². The molecule has 3 aromatic rings. The second kappa shape index (κ2) is 8.60. The van der Waals surface area contributed by atoms with Crippen LogP contribution in [0.2, 0.25) is 5.02 Å². The van der Waals surface area contributed by atoms with E-state index in [-0.39, 0.29) is 27.7 Å². The zero-order valence-electron chi connectivity index (χ0n) is 16.5. The number of furan rings is 1. The summed E-state index contributed by atoms with van der Waals surface area (Å²) in [6.07, 6.45) is 1.43. The molecule has 2 heterocycles. The third kappa shape index (κ3) is 4.17. The molecule has 0 radical (unpaired) electrons. The Labute approximate surface area is 190 Å². The Kier molecular flexibility index (Phi) is 5.86. The number of nitro groups is 1. The summed E-state index contributed by atoms with van der Waals surface area (Å²) >= 11 is 6.72. The number of rotatable bonds is 5. The Morgan fingerprint density at radius 2 is 2.00 bits per heavy atom. The first-order valence-electron chi connectivity index (χ1n) is 9.28. The van der Waals surface area contributed by atoms with Crippen LogP contribution < -0.4 is 0 Å². The normalized spacial score (nSPS) is 15.1. The molecule has 1 saturated heterocycles. The summed E-state index contributed by atoms with van der Waals surface area (Å²) in [5.41, 5.74) is 1.18. The lowest BCUT2D eigenvalue weighted by Crippen LogP contribution is -2.28. The SMILES string of the molecule is Cc1cc(-c2ccc(/C=C3\SC(=O)N(Cc4c(F)cccc4Cl)C3=O)o2)ccc1[N+](=O)[O-]. The van der Waals surface area contributed by atoms with Gasteiger partial charge in [-0.25, -0.2) is 4.39 Å². The molecule has 1 fully saturated rings. The minimum absolute atomic E-state index is 0.00385. The number of aryl methyl sites for hydroxylation is 1. The topological polar surface area (TPSA) is 93.7 Å². The highest BCUT2D eigenvalue weighted by atomic mass is 35.5. The average molecular weight is 473 g/mol. The lowest BCUT2D eigenvalue weighted by atomic mass is 10.1. The Bertz CT molecular complexity index is 1280. The molecule has 1 aromatic heterocycles. The van der Waals surface area contributed by atoms with Crippen molar-refractivity contribution in [2.24, 2.45) is 0 Å². The van der Waals surface area contributed by atoms with Gasteiger partial charge in [0.15, 0.2) is 0 Å². The van der Waals surface area contributed by atoms with E-state index in [1.54, 1.807) is 31.2 Å². The first-order valence-corrected chi connectivity index (χ1v) is 10.5. The molecule has 1 aliphatic rings. The fourth-order valence-electron chi connectivity index (χ4n) is 3.21. The molecular formula is C22H14ClFN2O5S. The molecule has 0 aliphatic carbocycles. The van der Waals surface area contributed by atoms with Gasteiger partial charge in [0.05, 0.1) is 16.4 Å². The third-order valence-corrected chi connectivity index (χ3v) is 6.09. The quantitative estimate of drug-likeness (QED) is 0.249. The third-order valence-electron chi connectivity index (χ3n) is 4.83. The van der Waals surface area contributed by atoms with E-state index < -0.39 is 21.9 Å².